The highest BCUT2D eigenvalue weighted by atomic mass is 32.2. The maximum atomic E-state index is 3.69. The van der Waals surface area contributed by atoms with Gasteiger partial charge in [-0.15, -0.1) is 0 Å². The molecule has 2 fully saturated rings. The minimum Gasteiger partial charge on any atom is -0.312 e. The van der Waals surface area contributed by atoms with Gasteiger partial charge in [0.15, 0.2) is 0 Å². The van der Waals surface area contributed by atoms with Crippen LogP contribution in [0.15, 0.2) is 0 Å². The summed E-state index contributed by atoms with van der Waals surface area (Å²) in [5.41, 5.74) is 0. The minimum atomic E-state index is 0.740. The van der Waals surface area contributed by atoms with Crippen molar-refractivity contribution < 1.29 is 0 Å². The molecule has 0 aromatic carbocycles. The molecule has 3 heteroatoms. The molecule has 2 saturated heterocycles. The summed E-state index contributed by atoms with van der Waals surface area (Å²) in [4.78, 5) is 2.68. The van der Waals surface area contributed by atoms with E-state index in [-0.39, 0.29) is 0 Å². The van der Waals surface area contributed by atoms with Crippen LogP contribution in [-0.4, -0.2) is 48.1 Å². The molecule has 3 unspecified atom stereocenters. The predicted molar refractivity (Wildman–Crippen MR) is 68.5 cm³/mol. The van der Waals surface area contributed by atoms with Gasteiger partial charge in [0.25, 0.3) is 0 Å². The van der Waals surface area contributed by atoms with Crippen LogP contribution in [0.1, 0.15) is 26.7 Å². The maximum absolute atomic E-state index is 3.69. The number of piperidine rings is 1. The van der Waals surface area contributed by atoms with Crippen molar-refractivity contribution in [1.29, 1.82) is 0 Å². The first-order valence-electron chi connectivity index (χ1n) is 6.32. The van der Waals surface area contributed by atoms with E-state index in [9.17, 15) is 0 Å². The molecule has 2 nitrogen and oxygen atoms in total. The number of hydrogen-bond acceptors (Lipinski definition) is 3. The highest BCUT2D eigenvalue weighted by molar-refractivity contribution is 7.99. The molecule has 0 aromatic heterocycles. The second kappa shape index (κ2) is 5.55. The van der Waals surface area contributed by atoms with Crippen molar-refractivity contribution in [2.45, 2.75) is 38.8 Å². The van der Waals surface area contributed by atoms with Crippen molar-refractivity contribution in [3.05, 3.63) is 0 Å². The summed E-state index contributed by atoms with van der Waals surface area (Å²) < 4.78 is 0. The zero-order valence-electron chi connectivity index (χ0n) is 10.0. The van der Waals surface area contributed by atoms with E-state index in [0.29, 0.717) is 0 Å². The SMILES string of the molecule is CC1CCCNC1CN1CCSCC1C. The van der Waals surface area contributed by atoms with E-state index in [1.807, 2.05) is 0 Å². The summed E-state index contributed by atoms with van der Waals surface area (Å²) in [5.74, 6) is 3.51. The van der Waals surface area contributed by atoms with E-state index in [2.05, 4.69) is 35.8 Å². The van der Waals surface area contributed by atoms with Crippen LogP contribution in [-0.2, 0) is 0 Å². The first-order valence-corrected chi connectivity index (χ1v) is 7.48. The predicted octanol–water partition coefficient (Wildman–Crippen LogP) is 1.81. The molecule has 2 rings (SSSR count). The third-order valence-corrected chi connectivity index (χ3v) is 5.06. The van der Waals surface area contributed by atoms with Gasteiger partial charge in [0, 0.05) is 36.7 Å². The van der Waals surface area contributed by atoms with Gasteiger partial charge in [-0.1, -0.05) is 6.92 Å². The van der Waals surface area contributed by atoms with E-state index in [4.69, 9.17) is 0 Å². The van der Waals surface area contributed by atoms with Gasteiger partial charge in [-0.05, 0) is 32.2 Å². The average molecular weight is 228 g/mol. The Morgan fingerprint density at radius 1 is 1.40 bits per heavy atom. The largest absolute Gasteiger partial charge is 0.312 e. The lowest BCUT2D eigenvalue weighted by molar-refractivity contribution is 0.167. The monoisotopic (exact) mass is 228 g/mol. The first-order chi connectivity index (χ1) is 7.27. The molecular formula is C12H24N2S. The highest BCUT2D eigenvalue weighted by Crippen LogP contribution is 2.20. The average Bonchev–Trinajstić information content (AvgIpc) is 2.24. The molecule has 3 atom stereocenters. The second-order valence-corrected chi connectivity index (χ2v) is 6.25. The molecule has 1 N–H and O–H groups in total. The normalized spacial score (nSPS) is 39.2. The van der Waals surface area contributed by atoms with Crippen LogP contribution >= 0.6 is 11.8 Å². The summed E-state index contributed by atoms with van der Waals surface area (Å²) in [6, 6.07) is 1.52. The molecule has 0 aromatic rings. The van der Waals surface area contributed by atoms with Crippen molar-refractivity contribution in [2.75, 3.05) is 31.1 Å². The van der Waals surface area contributed by atoms with Crippen molar-refractivity contribution in [1.82, 2.24) is 10.2 Å². The lowest BCUT2D eigenvalue weighted by atomic mass is 9.92. The summed E-state index contributed by atoms with van der Waals surface area (Å²) in [6.45, 7) is 8.56. The Balaban J connectivity index is 1.83. The quantitative estimate of drug-likeness (QED) is 0.776. The van der Waals surface area contributed by atoms with Crippen LogP contribution in [0.5, 0.6) is 0 Å². The van der Waals surface area contributed by atoms with Gasteiger partial charge in [-0.25, -0.2) is 0 Å². The fourth-order valence-corrected chi connectivity index (χ4v) is 3.73. The Bertz CT molecular complexity index is 178. The Morgan fingerprint density at radius 2 is 2.27 bits per heavy atom. The van der Waals surface area contributed by atoms with Crippen molar-refractivity contribution in [3.63, 3.8) is 0 Å². The van der Waals surface area contributed by atoms with Crippen molar-refractivity contribution in [3.8, 4) is 0 Å². The van der Waals surface area contributed by atoms with Crippen LogP contribution in [0.2, 0.25) is 0 Å². The number of rotatable bonds is 2. The molecule has 0 saturated carbocycles. The maximum Gasteiger partial charge on any atom is 0.0220 e. The summed E-state index contributed by atoms with van der Waals surface area (Å²) in [6.07, 6.45) is 2.78. The van der Waals surface area contributed by atoms with Gasteiger partial charge in [-0.2, -0.15) is 11.8 Å². The van der Waals surface area contributed by atoms with Crippen molar-refractivity contribution in [2.24, 2.45) is 5.92 Å². The molecule has 2 aliphatic rings. The Morgan fingerprint density at radius 3 is 3.00 bits per heavy atom. The second-order valence-electron chi connectivity index (χ2n) is 5.10. The van der Waals surface area contributed by atoms with Crippen LogP contribution in [0.25, 0.3) is 0 Å². The lowest BCUT2D eigenvalue weighted by Crippen LogP contribution is -2.52. The molecule has 0 amide bonds. The fraction of sp³-hybridized carbons (Fsp3) is 1.00. The van der Waals surface area contributed by atoms with E-state index in [1.165, 1.54) is 44.0 Å². The molecule has 0 aliphatic carbocycles. The minimum absolute atomic E-state index is 0.740. The van der Waals surface area contributed by atoms with E-state index in [1.54, 1.807) is 0 Å². The zero-order valence-corrected chi connectivity index (χ0v) is 10.9. The van der Waals surface area contributed by atoms with E-state index >= 15 is 0 Å². The fourth-order valence-electron chi connectivity index (χ4n) is 2.64. The number of hydrogen-bond donors (Lipinski definition) is 1. The van der Waals surface area contributed by atoms with Crippen LogP contribution in [0.3, 0.4) is 0 Å². The molecule has 2 heterocycles. The summed E-state index contributed by atoms with van der Waals surface area (Å²) in [5, 5.41) is 3.69. The van der Waals surface area contributed by atoms with Gasteiger partial charge in [0.2, 0.25) is 0 Å². The topological polar surface area (TPSA) is 15.3 Å². The Labute approximate surface area is 98.2 Å². The molecule has 0 radical (unpaired) electrons. The standard InChI is InChI=1S/C12H24N2S/c1-10-4-3-5-13-12(10)8-14-6-7-15-9-11(14)2/h10-13H,3-9H2,1-2H3. The third kappa shape index (κ3) is 3.11. The summed E-state index contributed by atoms with van der Waals surface area (Å²) >= 11 is 2.11. The molecule has 88 valence electrons. The number of nitrogens with one attached hydrogen (secondary N) is 1. The number of thioether (sulfide) groups is 1. The molecule has 2 aliphatic heterocycles. The molecule has 0 spiro atoms. The third-order valence-electron chi connectivity index (χ3n) is 3.87. The van der Waals surface area contributed by atoms with Gasteiger partial charge in [-0.3, -0.25) is 4.90 Å². The molecule has 15 heavy (non-hydrogen) atoms. The lowest BCUT2D eigenvalue weighted by Gasteiger charge is -2.39. The molecule has 0 bridgehead atoms. The van der Waals surface area contributed by atoms with Crippen molar-refractivity contribution >= 4 is 11.8 Å². The van der Waals surface area contributed by atoms with Gasteiger partial charge in [0.1, 0.15) is 0 Å². The smallest absolute Gasteiger partial charge is 0.0220 e. The van der Waals surface area contributed by atoms with Gasteiger partial charge >= 0.3 is 0 Å². The first kappa shape index (κ1) is 11.7. The summed E-state index contributed by atoms with van der Waals surface area (Å²) in [7, 11) is 0. The van der Waals surface area contributed by atoms with E-state index in [0.717, 1.165) is 18.0 Å². The Hall–Kier alpha value is 0.270. The van der Waals surface area contributed by atoms with Crippen LogP contribution < -0.4 is 5.32 Å². The van der Waals surface area contributed by atoms with E-state index < -0.39 is 0 Å². The van der Waals surface area contributed by atoms with Crippen LogP contribution in [0.4, 0.5) is 0 Å². The van der Waals surface area contributed by atoms with Gasteiger partial charge < -0.3 is 5.32 Å². The zero-order chi connectivity index (χ0) is 10.7. The highest BCUT2D eigenvalue weighted by Gasteiger charge is 2.26. The molecular weight excluding hydrogens is 204 g/mol. The Kier molecular flexibility index (Phi) is 4.35. The number of nitrogens with zero attached hydrogens (tertiary/aromatic N) is 1. The van der Waals surface area contributed by atoms with Gasteiger partial charge in [0.05, 0.1) is 0 Å². The van der Waals surface area contributed by atoms with Crippen LogP contribution in [0, 0.1) is 5.92 Å².